The van der Waals surface area contributed by atoms with E-state index in [9.17, 15) is 5.11 Å². The summed E-state index contributed by atoms with van der Waals surface area (Å²) in [5.74, 6) is 0.149. The van der Waals surface area contributed by atoms with Gasteiger partial charge >= 0.3 is 28.4 Å². The van der Waals surface area contributed by atoms with Crippen molar-refractivity contribution in [3.05, 3.63) is 162 Å². The van der Waals surface area contributed by atoms with Crippen molar-refractivity contribution in [2.75, 3.05) is 0 Å². The van der Waals surface area contributed by atoms with Crippen molar-refractivity contribution in [2.45, 2.75) is 66.2 Å². The summed E-state index contributed by atoms with van der Waals surface area (Å²) in [6, 6.07) is 48.8. The molecule has 0 aliphatic heterocycles. The molecule has 7 rings (SSSR count). The van der Waals surface area contributed by atoms with Gasteiger partial charge in [-0.1, -0.05) is 163 Å². The Labute approximate surface area is 321 Å². The van der Waals surface area contributed by atoms with Gasteiger partial charge in [0.15, 0.2) is 0 Å². The zero-order valence-electron chi connectivity index (χ0n) is 30.8. The molecule has 0 N–H and O–H groups in total. The molecule has 0 spiro atoms. The molecule has 0 bridgehead atoms. The van der Waals surface area contributed by atoms with Crippen LogP contribution in [-0.2, 0) is 35.1 Å². The van der Waals surface area contributed by atoms with Crippen LogP contribution in [0.1, 0.15) is 63.8 Å². The van der Waals surface area contributed by atoms with E-state index in [2.05, 4.69) is 187 Å². The second kappa shape index (κ2) is 17.9. The average Bonchev–Trinajstić information content (AvgIpc) is 3.67. The first-order valence-electron chi connectivity index (χ1n) is 16.9. The Morgan fingerprint density at radius 2 is 0.940 bits per heavy atom. The van der Waals surface area contributed by atoms with Crippen LogP contribution in [-0.4, -0.2) is 4.21 Å². The average molecular weight is 757 g/mol. The number of hydrogen-bond acceptors (Lipinski definition) is 1. The predicted molar refractivity (Wildman–Crippen MR) is 210 cm³/mol. The normalized spacial score (nSPS) is 10.9. The smallest absolute Gasteiger partial charge is 1.00 e. The minimum Gasteiger partial charge on any atom is -1.00 e. The monoisotopic (exact) mass is 754 g/mol. The van der Waals surface area contributed by atoms with Gasteiger partial charge in [-0.2, -0.15) is 12.1 Å². The molecule has 256 valence electrons. The number of halogens is 1. The molecule has 0 saturated heterocycles. The molecule has 50 heavy (non-hydrogen) atoms. The van der Waals surface area contributed by atoms with Gasteiger partial charge in [0.25, 0.3) is 0 Å². The molecule has 0 fully saturated rings. The Hall–Kier alpha value is -3.84. The van der Waals surface area contributed by atoms with Crippen molar-refractivity contribution >= 4 is 25.8 Å². The van der Waals surface area contributed by atoms with E-state index in [0.29, 0.717) is 0 Å². The number of fused-ring (bicyclic) bond motifs is 2. The molecule has 0 saturated carbocycles. The summed E-state index contributed by atoms with van der Waals surface area (Å²) in [5, 5.41) is 17.1. The van der Waals surface area contributed by atoms with Crippen LogP contribution in [0.2, 0.25) is 0 Å². The Kier molecular flexibility index (Phi) is 14.5. The molecule has 0 aliphatic carbocycles. The van der Waals surface area contributed by atoms with Gasteiger partial charge in [-0.05, 0) is 27.5 Å². The third-order valence-corrected chi connectivity index (χ3v) is 8.61. The van der Waals surface area contributed by atoms with Crippen molar-refractivity contribution < 1.29 is 41.7 Å². The maximum atomic E-state index is 11.7. The topological polar surface area (TPSA) is 23.1 Å². The van der Waals surface area contributed by atoms with Gasteiger partial charge in [-0.3, -0.25) is 0 Å². The zero-order chi connectivity index (χ0) is 35.8. The van der Waals surface area contributed by atoms with Crippen molar-refractivity contribution in [2.24, 2.45) is 0 Å². The fourth-order valence-corrected chi connectivity index (χ4v) is 6.09. The van der Waals surface area contributed by atoms with Gasteiger partial charge in [0, 0.05) is 0 Å². The van der Waals surface area contributed by atoms with Crippen LogP contribution in [0.5, 0.6) is 5.75 Å². The van der Waals surface area contributed by atoms with E-state index in [1.165, 1.54) is 84.7 Å². The minimum absolute atomic E-state index is 0. The predicted octanol–water partition coefficient (Wildman–Crippen LogP) is 9.39. The van der Waals surface area contributed by atoms with Gasteiger partial charge in [-0.25, -0.2) is 0 Å². The van der Waals surface area contributed by atoms with Gasteiger partial charge in [-0.15, -0.1) is 74.8 Å². The Bertz CT molecular complexity index is 1970. The van der Waals surface area contributed by atoms with Crippen molar-refractivity contribution in [1.82, 2.24) is 0 Å². The first kappa shape index (κ1) is 40.6. The van der Waals surface area contributed by atoms with E-state index in [1.54, 1.807) is 6.07 Å². The van der Waals surface area contributed by atoms with Crippen molar-refractivity contribution in [3.8, 4) is 28.0 Å². The SMILES string of the molecule is CC(C)(C)c1ccc([O-])c(C(C)(C)C)c1.Cc1cc2c(-c3ccccc3)cccc2[cH-]1.Cc1cc2c(-c3ccccc3)cccc2[cH-]1.[CH2]=[Zr+2].[Cl-]. The van der Waals surface area contributed by atoms with Crippen LogP contribution in [0.25, 0.3) is 43.8 Å². The summed E-state index contributed by atoms with van der Waals surface area (Å²) in [6.07, 6.45) is 0. The van der Waals surface area contributed by atoms with Crippen LogP contribution in [0.4, 0.5) is 0 Å². The number of rotatable bonds is 2. The molecule has 7 aromatic carbocycles. The van der Waals surface area contributed by atoms with Crippen LogP contribution in [0, 0.1) is 13.8 Å². The van der Waals surface area contributed by atoms with Crippen LogP contribution < -0.4 is 17.5 Å². The molecule has 0 radical (unpaired) electrons. The standard InChI is InChI=1S/2C16H13.C14H22O.CH2.ClH.Zr/c2*1-12-10-14-8-5-9-15(16(14)11-12)13-6-3-2-4-7-13;1-13(2,3)10-7-8-12(15)11(9-10)14(4,5)6;;;/h2*2-11H,1H3;7-9,15H,1-6H3;1H2;1H;/q2*-1;;;;+2/p-2. The van der Waals surface area contributed by atoms with Gasteiger partial charge < -0.3 is 17.5 Å². The van der Waals surface area contributed by atoms with Gasteiger partial charge in [0.2, 0.25) is 0 Å². The van der Waals surface area contributed by atoms with Crippen molar-refractivity contribution in [3.63, 3.8) is 0 Å². The molecule has 0 atom stereocenters. The summed E-state index contributed by atoms with van der Waals surface area (Å²) in [7, 11) is 0. The van der Waals surface area contributed by atoms with Crippen LogP contribution in [0.3, 0.4) is 0 Å². The quantitative estimate of drug-likeness (QED) is 0.161. The molecule has 0 heterocycles. The van der Waals surface area contributed by atoms with Gasteiger partial charge in [0.05, 0.1) is 0 Å². The first-order chi connectivity index (χ1) is 23.3. The maximum absolute atomic E-state index is 11.7. The molecular weight excluding hydrogens is 707 g/mol. The molecule has 0 unspecified atom stereocenters. The summed E-state index contributed by atoms with van der Waals surface area (Å²) < 4.78 is 3.34. The molecular formula is C47H49ClOZr-2. The summed E-state index contributed by atoms with van der Waals surface area (Å²) in [6.45, 7) is 17.0. The molecule has 0 aromatic heterocycles. The fourth-order valence-electron chi connectivity index (χ4n) is 6.09. The molecule has 0 amide bonds. The van der Waals surface area contributed by atoms with Crippen molar-refractivity contribution in [1.29, 1.82) is 0 Å². The van der Waals surface area contributed by atoms with Crippen LogP contribution >= 0.6 is 0 Å². The summed E-state index contributed by atoms with van der Waals surface area (Å²) in [5.41, 5.74) is 10.1. The third-order valence-electron chi connectivity index (χ3n) is 8.61. The molecule has 0 aliphatic rings. The Balaban J connectivity index is 0.000000196. The van der Waals surface area contributed by atoms with E-state index in [1.807, 2.05) is 6.07 Å². The fraction of sp³-hybridized carbons (Fsp3) is 0.213. The largest absolute Gasteiger partial charge is 1.00 e. The zero-order valence-corrected chi connectivity index (χ0v) is 34.0. The Morgan fingerprint density at radius 3 is 1.32 bits per heavy atom. The number of hydrogen-bond donors (Lipinski definition) is 0. The van der Waals surface area contributed by atoms with E-state index < -0.39 is 0 Å². The summed E-state index contributed by atoms with van der Waals surface area (Å²) in [4.78, 5) is 0. The first-order valence-corrected chi connectivity index (χ1v) is 18.7. The van der Waals surface area contributed by atoms with E-state index in [0.717, 1.165) is 5.56 Å². The number of benzene rings is 5. The second-order valence-corrected chi connectivity index (χ2v) is 14.6. The van der Waals surface area contributed by atoms with Crippen LogP contribution in [0.15, 0.2) is 140 Å². The van der Waals surface area contributed by atoms with E-state index >= 15 is 0 Å². The summed E-state index contributed by atoms with van der Waals surface area (Å²) >= 11 is 1.30. The van der Waals surface area contributed by atoms with E-state index in [4.69, 9.17) is 0 Å². The Morgan fingerprint density at radius 1 is 0.520 bits per heavy atom. The minimum atomic E-state index is -0.0711. The molecule has 3 heteroatoms. The molecule has 1 nitrogen and oxygen atoms in total. The second-order valence-electron chi connectivity index (χ2n) is 14.6. The third kappa shape index (κ3) is 10.3. The molecule has 7 aromatic rings. The van der Waals surface area contributed by atoms with E-state index in [-0.39, 0.29) is 29.0 Å². The van der Waals surface area contributed by atoms with Gasteiger partial charge in [0.1, 0.15) is 0 Å². The number of aryl methyl sites for hydroxylation is 2. The maximum Gasteiger partial charge on any atom is -1.00 e.